The fourth-order valence-electron chi connectivity index (χ4n) is 1.66. The van der Waals surface area contributed by atoms with Gasteiger partial charge in [-0.3, -0.25) is 4.79 Å². The van der Waals surface area contributed by atoms with E-state index in [0.29, 0.717) is 18.9 Å². The van der Waals surface area contributed by atoms with Gasteiger partial charge in [-0.25, -0.2) is 0 Å². The standard InChI is InChI=1S/C12H21NO/c1-6-7-13-11(14)8-10(2)9-12(3,4)5/h1,10H,7-9H2,2-5H3,(H,13,14). The van der Waals surface area contributed by atoms with Crippen LogP contribution in [-0.2, 0) is 4.79 Å². The molecule has 0 aliphatic heterocycles. The van der Waals surface area contributed by atoms with E-state index in [1.807, 2.05) is 0 Å². The van der Waals surface area contributed by atoms with E-state index in [9.17, 15) is 4.79 Å². The van der Waals surface area contributed by atoms with Crippen LogP contribution in [0.25, 0.3) is 0 Å². The summed E-state index contributed by atoms with van der Waals surface area (Å²) in [4.78, 5) is 11.3. The van der Waals surface area contributed by atoms with Gasteiger partial charge in [0.2, 0.25) is 5.91 Å². The molecule has 0 saturated heterocycles. The monoisotopic (exact) mass is 195 g/mol. The molecule has 0 rings (SSSR count). The molecule has 80 valence electrons. The van der Waals surface area contributed by atoms with Gasteiger partial charge in [-0.15, -0.1) is 6.42 Å². The van der Waals surface area contributed by atoms with Crippen molar-refractivity contribution in [2.45, 2.75) is 40.5 Å². The van der Waals surface area contributed by atoms with E-state index in [-0.39, 0.29) is 11.3 Å². The van der Waals surface area contributed by atoms with Crippen molar-refractivity contribution in [2.24, 2.45) is 11.3 Å². The number of carbonyl (C=O) groups is 1. The fourth-order valence-corrected chi connectivity index (χ4v) is 1.66. The van der Waals surface area contributed by atoms with Crippen molar-refractivity contribution in [2.75, 3.05) is 6.54 Å². The maximum absolute atomic E-state index is 11.3. The van der Waals surface area contributed by atoms with Crippen molar-refractivity contribution in [3.05, 3.63) is 0 Å². The smallest absolute Gasteiger partial charge is 0.221 e. The maximum atomic E-state index is 11.3. The topological polar surface area (TPSA) is 29.1 Å². The lowest BCUT2D eigenvalue weighted by molar-refractivity contribution is -0.121. The van der Waals surface area contributed by atoms with Crippen LogP contribution >= 0.6 is 0 Å². The molecule has 14 heavy (non-hydrogen) atoms. The Balaban J connectivity index is 3.78. The molecule has 0 aliphatic rings. The molecule has 0 bridgehead atoms. The first-order chi connectivity index (χ1) is 6.35. The van der Waals surface area contributed by atoms with Gasteiger partial charge < -0.3 is 5.32 Å². The molecule has 0 heterocycles. The van der Waals surface area contributed by atoms with E-state index in [2.05, 4.69) is 38.9 Å². The highest BCUT2D eigenvalue weighted by Gasteiger charge is 2.17. The predicted molar refractivity (Wildman–Crippen MR) is 59.7 cm³/mol. The van der Waals surface area contributed by atoms with E-state index < -0.39 is 0 Å². The molecule has 1 atom stereocenters. The summed E-state index contributed by atoms with van der Waals surface area (Å²) >= 11 is 0. The number of amides is 1. The Bertz CT molecular complexity index is 219. The van der Waals surface area contributed by atoms with Crippen molar-refractivity contribution in [3.8, 4) is 12.3 Å². The van der Waals surface area contributed by atoms with Gasteiger partial charge in [0.15, 0.2) is 0 Å². The van der Waals surface area contributed by atoms with Crippen LogP contribution in [0.2, 0.25) is 0 Å². The molecule has 0 aliphatic carbocycles. The summed E-state index contributed by atoms with van der Waals surface area (Å²) in [5, 5.41) is 2.67. The molecule has 2 heteroatoms. The average molecular weight is 195 g/mol. The average Bonchev–Trinajstić information content (AvgIpc) is 1.96. The van der Waals surface area contributed by atoms with Crippen LogP contribution in [0.15, 0.2) is 0 Å². The van der Waals surface area contributed by atoms with Gasteiger partial charge in [-0.05, 0) is 17.8 Å². The minimum absolute atomic E-state index is 0.0553. The highest BCUT2D eigenvalue weighted by atomic mass is 16.1. The third-order valence-corrected chi connectivity index (χ3v) is 1.88. The van der Waals surface area contributed by atoms with Crippen molar-refractivity contribution in [3.63, 3.8) is 0 Å². The van der Waals surface area contributed by atoms with E-state index in [1.165, 1.54) is 0 Å². The van der Waals surface area contributed by atoms with Crippen molar-refractivity contribution in [1.29, 1.82) is 0 Å². The quantitative estimate of drug-likeness (QED) is 0.685. The predicted octanol–water partition coefficient (Wildman–Crippen LogP) is 2.20. The minimum Gasteiger partial charge on any atom is -0.345 e. The Morgan fingerprint density at radius 3 is 2.50 bits per heavy atom. The molecular weight excluding hydrogens is 174 g/mol. The van der Waals surface area contributed by atoms with Crippen molar-refractivity contribution in [1.82, 2.24) is 5.32 Å². The Hall–Kier alpha value is -0.970. The van der Waals surface area contributed by atoms with Crippen LogP contribution in [0, 0.1) is 23.7 Å². The normalized spacial score (nSPS) is 13.1. The molecule has 2 nitrogen and oxygen atoms in total. The van der Waals surface area contributed by atoms with E-state index in [4.69, 9.17) is 6.42 Å². The lowest BCUT2D eigenvalue weighted by Gasteiger charge is -2.22. The van der Waals surface area contributed by atoms with Gasteiger partial charge in [0.05, 0.1) is 6.54 Å². The van der Waals surface area contributed by atoms with Crippen LogP contribution in [-0.4, -0.2) is 12.5 Å². The van der Waals surface area contributed by atoms with Crippen LogP contribution in [0.5, 0.6) is 0 Å². The Morgan fingerprint density at radius 1 is 1.50 bits per heavy atom. The highest BCUT2D eigenvalue weighted by molar-refractivity contribution is 5.76. The summed E-state index contributed by atoms with van der Waals surface area (Å²) in [6.45, 7) is 8.98. The zero-order valence-corrected chi connectivity index (χ0v) is 9.68. The second-order valence-electron chi connectivity index (χ2n) is 5.05. The van der Waals surface area contributed by atoms with E-state index in [0.717, 1.165) is 6.42 Å². The van der Waals surface area contributed by atoms with Gasteiger partial charge in [-0.2, -0.15) is 0 Å². The molecule has 1 unspecified atom stereocenters. The summed E-state index contributed by atoms with van der Waals surface area (Å²) in [6, 6.07) is 0. The molecule has 1 N–H and O–H groups in total. The fraction of sp³-hybridized carbons (Fsp3) is 0.750. The Kier molecular flexibility index (Phi) is 5.30. The first kappa shape index (κ1) is 13.0. The molecule has 0 fully saturated rings. The Labute approximate surface area is 87.5 Å². The molecule has 0 saturated carbocycles. The summed E-state index contributed by atoms with van der Waals surface area (Å²) in [5.41, 5.74) is 0.284. The molecule has 0 aromatic carbocycles. The minimum atomic E-state index is 0.0553. The molecule has 0 aromatic heterocycles. The molecular formula is C12H21NO. The number of terminal acetylenes is 1. The van der Waals surface area contributed by atoms with Crippen LogP contribution in [0.1, 0.15) is 40.5 Å². The zero-order chi connectivity index (χ0) is 11.2. The summed E-state index contributed by atoms with van der Waals surface area (Å²) in [6.07, 6.45) is 6.67. The number of rotatable bonds is 4. The van der Waals surface area contributed by atoms with Gasteiger partial charge in [0.1, 0.15) is 0 Å². The number of nitrogens with one attached hydrogen (secondary N) is 1. The van der Waals surface area contributed by atoms with Crippen LogP contribution in [0.3, 0.4) is 0 Å². The van der Waals surface area contributed by atoms with Crippen LogP contribution in [0.4, 0.5) is 0 Å². The lowest BCUT2D eigenvalue weighted by atomic mass is 9.84. The summed E-state index contributed by atoms with van der Waals surface area (Å²) in [7, 11) is 0. The lowest BCUT2D eigenvalue weighted by Crippen LogP contribution is -2.26. The molecule has 0 spiro atoms. The van der Waals surface area contributed by atoms with Gasteiger partial charge >= 0.3 is 0 Å². The molecule has 0 radical (unpaired) electrons. The SMILES string of the molecule is C#CCNC(=O)CC(C)CC(C)(C)C. The number of hydrogen-bond donors (Lipinski definition) is 1. The summed E-state index contributed by atoms with van der Waals surface area (Å²) in [5.74, 6) is 2.85. The first-order valence-electron chi connectivity index (χ1n) is 5.05. The largest absolute Gasteiger partial charge is 0.345 e. The second-order valence-corrected chi connectivity index (χ2v) is 5.05. The first-order valence-corrected chi connectivity index (χ1v) is 5.05. The number of hydrogen-bond acceptors (Lipinski definition) is 1. The summed E-state index contributed by atoms with van der Waals surface area (Å²) < 4.78 is 0. The van der Waals surface area contributed by atoms with E-state index in [1.54, 1.807) is 0 Å². The zero-order valence-electron chi connectivity index (χ0n) is 9.68. The number of carbonyl (C=O) groups excluding carboxylic acids is 1. The van der Waals surface area contributed by atoms with Crippen LogP contribution < -0.4 is 5.32 Å². The van der Waals surface area contributed by atoms with Gasteiger partial charge in [-0.1, -0.05) is 33.6 Å². The molecule has 1 amide bonds. The van der Waals surface area contributed by atoms with E-state index >= 15 is 0 Å². The third kappa shape index (κ3) is 7.67. The maximum Gasteiger partial charge on any atom is 0.221 e. The second kappa shape index (κ2) is 5.70. The van der Waals surface area contributed by atoms with Gasteiger partial charge in [0.25, 0.3) is 0 Å². The van der Waals surface area contributed by atoms with Crippen molar-refractivity contribution >= 4 is 5.91 Å². The third-order valence-electron chi connectivity index (χ3n) is 1.88. The van der Waals surface area contributed by atoms with Crippen molar-refractivity contribution < 1.29 is 4.79 Å². The Morgan fingerprint density at radius 2 is 2.07 bits per heavy atom. The van der Waals surface area contributed by atoms with Gasteiger partial charge in [0, 0.05) is 6.42 Å². The molecule has 0 aromatic rings. The highest BCUT2D eigenvalue weighted by Crippen LogP contribution is 2.25.